The Morgan fingerprint density at radius 2 is 1.85 bits per heavy atom. The first kappa shape index (κ1) is 17.2. The van der Waals surface area contributed by atoms with Crippen LogP contribution in [0.25, 0.3) is 16.7 Å². The monoisotopic (exact) mass is 362 g/mol. The van der Waals surface area contributed by atoms with E-state index in [9.17, 15) is 4.79 Å². The first-order chi connectivity index (χ1) is 13.1. The molecule has 0 bridgehead atoms. The summed E-state index contributed by atoms with van der Waals surface area (Å²) in [5.41, 5.74) is 4.42. The van der Waals surface area contributed by atoms with Crippen molar-refractivity contribution in [1.82, 2.24) is 24.3 Å². The van der Waals surface area contributed by atoms with E-state index < -0.39 is 0 Å². The van der Waals surface area contributed by atoms with Gasteiger partial charge in [0, 0.05) is 13.0 Å². The lowest BCUT2D eigenvalue weighted by Crippen LogP contribution is -2.16. The molecular weight excluding hydrogens is 340 g/mol. The Balaban J connectivity index is 1.91. The van der Waals surface area contributed by atoms with Crippen LogP contribution >= 0.6 is 0 Å². The lowest BCUT2D eigenvalue weighted by Gasteiger charge is -2.11. The third kappa shape index (κ3) is 2.95. The summed E-state index contributed by atoms with van der Waals surface area (Å²) >= 11 is 0. The van der Waals surface area contributed by atoms with Gasteiger partial charge in [-0.05, 0) is 18.9 Å². The van der Waals surface area contributed by atoms with Gasteiger partial charge in [0.15, 0.2) is 5.65 Å². The third-order valence-corrected chi connectivity index (χ3v) is 4.70. The molecule has 0 aliphatic carbocycles. The molecule has 0 saturated heterocycles. The van der Waals surface area contributed by atoms with Crippen LogP contribution in [0.2, 0.25) is 0 Å². The highest BCUT2D eigenvalue weighted by Crippen LogP contribution is 2.20. The molecule has 0 radical (unpaired) electrons. The molecule has 4 aromatic rings. The smallest absolute Gasteiger partial charge is 0.274 e. The third-order valence-electron chi connectivity index (χ3n) is 4.70. The molecule has 1 aromatic carbocycles. The van der Waals surface area contributed by atoms with Crippen molar-refractivity contribution in [2.75, 3.05) is 5.32 Å². The molecule has 7 heteroatoms. The van der Waals surface area contributed by atoms with Crippen molar-refractivity contribution in [3.05, 3.63) is 63.5 Å². The van der Waals surface area contributed by atoms with Gasteiger partial charge >= 0.3 is 0 Å². The number of hydrogen-bond acceptors (Lipinski definition) is 5. The van der Waals surface area contributed by atoms with Crippen LogP contribution in [0.5, 0.6) is 0 Å². The van der Waals surface area contributed by atoms with Crippen molar-refractivity contribution >= 4 is 22.6 Å². The first-order valence-electron chi connectivity index (χ1n) is 9.21. The summed E-state index contributed by atoms with van der Waals surface area (Å²) in [6.07, 6.45) is 1.40. The Hall–Kier alpha value is -3.22. The van der Waals surface area contributed by atoms with E-state index in [1.54, 1.807) is 0 Å². The van der Waals surface area contributed by atoms with Crippen molar-refractivity contribution in [2.24, 2.45) is 0 Å². The quantitative estimate of drug-likeness (QED) is 0.570. The minimum atomic E-state index is -0.157. The molecule has 0 fully saturated rings. The predicted octanol–water partition coefficient (Wildman–Crippen LogP) is 3.01. The van der Waals surface area contributed by atoms with Crippen molar-refractivity contribution in [2.45, 2.75) is 40.2 Å². The molecule has 3 heterocycles. The highest BCUT2D eigenvalue weighted by atomic mass is 16.1. The number of hydrogen-bond donors (Lipinski definition) is 2. The molecule has 27 heavy (non-hydrogen) atoms. The molecule has 0 aliphatic heterocycles. The molecule has 138 valence electrons. The molecule has 0 amide bonds. The van der Waals surface area contributed by atoms with Gasteiger partial charge in [0.05, 0.1) is 11.4 Å². The number of benzene rings is 1. The normalized spacial score (nSPS) is 11.4. The first-order valence-corrected chi connectivity index (χ1v) is 9.21. The number of aromatic amines is 1. The second-order valence-electron chi connectivity index (χ2n) is 6.49. The molecule has 4 rings (SSSR count). The fourth-order valence-corrected chi connectivity index (χ4v) is 3.39. The topological polar surface area (TPSA) is 88.0 Å². The fraction of sp³-hybridized carbons (Fsp3) is 0.300. The molecular formula is C20H22N6O. The van der Waals surface area contributed by atoms with Gasteiger partial charge in [-0.15, -0.1) is 0 Å². The van der Waals surface area contributed by atoms with Gasteiger partial charge in [-0.1, -0.05) is 44.2 Å². The van der Waals surface area contributed by atoms with E-state index in [0.717, 1.165) is 17.1 Å². The van der Waals surface area contributed by atoms with E-state index >= 15 is 0 Å². The van der Waals surface area contributed by atoms with Gasteiger partial charge in [-0.3, -0.25) is 9.20 Å². The average Bonchev–Trinajstić information content (AvgIpc) is 3.04. The molecule has 0 saturated carbocycles. The molecule has 0 unspecified atom stereocenters. The Kier molecular flexibility index (Phi) is 4.35. The lowest BCUT2D eigenvalue weighted by atomic mass is 10.2. The van der Waals surface area contributed by atoms with E-state index in [-0.39, 0.29) is 5.56 Å². The maximum absolute atomic E-state index is 12.6. The van der Waals surface area contributed by atoms with Gasteiger partial charge in [-0.2, -0.15) is 4.98 Å². The van der Waals surface area contributed by atoms with Crippen LogP contribution in [0.15, 0.2) is 35.1 Å². The van der Waals surface area contributed by atoms with Crippen LogP contribution in [0.3, 0.4) is 0 Å². The van der Waals surface area contributed by atoms with Crippen LogP contribution in [0.4, 0.5) is 5.95 Å². The summed E-state index contributed by atoms with van der Waals surface area (Å²) in [6, 6.07) is 10.1. The number of H-pyrrole nitrogens is 1. The summed E-state index contributed by atoms with van der Waals surface area (Å²) in [4.78, 5) is 29.5. The SMILES string of the molecule is CCc1nc(NCc2ccccc2)nc2c1[nH]c(=O)c1c(C)nc(CC)n12. The van der Waals surface area contributed by atoms with E-state index in [1.807, 2.05) is 43.4 Å². The molecule has 2 N–H and O–H groups in total. The second kappa shape index (κ2) is 6.83. The lowest BCUT2D eigenvalue weighted by molar-refractivity contribution is 0.919. The molecule has 0 aliphatic rings. The molecule has 0 spiro atoms. The Labute approximate surface area is 156 Å². The van der Waals surface area contributed by atoms with Crippen LogP contribution in [0, 0.1) is 6.92 Å². The van der Waals surface area contributed by atoms with Gasteiger partial charge in [-0.25, -0.2) is 9.97 Å². The molecule has 3 aromatic heterocycles. The number of nitrogens with zero attached hydrogens (tertiary/aromatic N) is 4. The van der Waals surface area contributed by atoms with Crippen molar-refractivity contribution in [3.8, 4) is 0 Å². The van der Waals surface area contributed by atoms with Crippen LogP contribution in [0.1, 0.15) is 36.6 Å². The minimum Gasteiger partial charge on any atom is -0.350 e. The molecule has 0 atom stereocenters. The van der Waals surface area contributed by atoms with Gasteiger partial charge < -0.3 is 10.3 Å². The fourth-order valence-electron chi connectivity index (χ4n) is 3.39. The Morgan fingerprint density at radius 1 is 1.07 bits per heavy atom. The average molecular weight is 362 g/mol. The van der Waals surface area contributed by atoms with Gasteiger partial charge in [0.25, 0.3) is 5.56 Å². The number of rotatable bonds is 5. The van der Waals surface area contributed by atoms with Crippen molar-refractivity contribution in [3.63, 3.8) is 0 Å². The van der Waals surface area contributed by atoms with E-state index in [4.69, 9.17) is 4.98 Å². The summed E-state index contributed by atoms with van der Waals surface area (Å²) in [6.45, 7) is 6.53. The number of imidazole rings is 1. The van der Waals surface area contributed by atoms with E-state index in [0.29, 0.717) is 47.7 Å². The number of nitrogens with one attached hydrogen (secondary N) is 2. The Morgan fingerprint density at radius 3 is 2.56 bits per heavy atom. The summed E-state index contributed by atoms with van der Waals surface area (Å²) < 4.78 is 1.87. The minimum absolute atomic E-state index is 0.157. The number of fused-ring (bicyclic) bond motifs is 3. The standard InChI is InChI=1S/C20H22N6O/c1-4-14-16-18(25-20(23-14)21-11-13-9-7-6-8-10-13)26-15(5-2)22-12(3)17(26)19(27)24-16/h6-10H,4-5,11H2,1-3H3,(H,24,27)(H,21,23,25). The van der Waals surface area contributed by atoms with Crippen LogP contribution in [-0.4, -0.2) is 24.3 Å². The zero-order valence-electron chi connectivity index (χ0n) is 15.7. The summed E-state index contributed by atoms with van der Waals surface area (Å²) in [5, 5.41) is 3.30. The van der Waals surface area contributed by atoms with Crippen LogP contribution in [-0.2, 0) is 19.4 Å². The zero-order valence-corrected chi connectivity index (χ0v) is 15.7. The highest BCUT2D eigenvalue weighted by Gasteiger charge is 2.17. The van der Waals surface area contributed by atoms with Gasteiger partial charge in [0.2, 0.25) is 5.95 Å². The maximum Gasteiger partial charge on any atom is 0.274 e. The summed E-state index contributed by atoms with van der Waals surface area (Å²) in [5.74, 6) is 1.37. The number of aryl methyl sites for hydroxylation is 3. The van der Waals surface area contributed by atoms with E-state index in [1.165, 1.54) is 0 Å². The predicted molar refractivity (Wildman–Crippen MR) is 106 cm³/mol. The largest absolute Gasteiger partial charge is 0.350 e. The van der Waals surface area contributed by atoms with Gasteiger partial charge in [0.1, 0.15) is 16.9 Å². The summed E-state index contributed by atoms with van der Waals surface area (Å²) in [7, 11) is 0. The van der Waals surface area contributed by atoms with Crippen LogP contribution < -0.4 is 10.9 Å². The zero-order chi connectivity index (χ0) is 19.0. The number of anilines is 1. The van der Waals surface area contributed by atoms with E-state index in [2.05, 4.69) is 32.4 Å². The van der Waals surface area contributed by atoms with Crippen molar-refractivity contribution < 1.29 is 0 Å². The number of aromatic nitrogens is 5. The Bertz CT molecular complexity index is 1180. The maximum atomic E-state index is 12.6. The molecule has 7 nitrogen and oxygen atoms in total. The van der Waals surface area contributed by atoms with Crippen molar-refractivity contribution in [1.29, 1.82) is 0 Å². The second-order valence-corrected chi connectivity index (χ2v) is 6.49. The highest BCUT2D eigenvalue weighted by molar-refractivity contribution is 5.78.